The van der Waals surface area contributed by atoms with Gasteiger partial charge in [-0.15, -0.1) is 0 Å². The van der Waals surface area contributed by atoms with Crippen LogP contribution >= 0.6 is 0 Å². The summed E-state index contributed by atoms with van der Waals surface area (Å²) in [7, 11) is 0.196. The molecule has 0 saturated carbocycles. The van der Waals surface area contributed by atoms with E-state index < -0.39 is 33.6 Å². The summed E-state index contributed by atoms with van der Waals surface area (Å²) in [6.45, 7) is 1.68. The monoisotopic (exact) mass is 398 g/mol. The van der Waals surface area contributed by atoms with Gasteiger partial charge in [-0.2, -0.15) is 0 Å². The third-order valence-corrected chi connectivity index (χ3v) is 6.02. The van der Waals surface area contributed by atoms with Crippen molar-refractivity contribution in [1.82, 2.24) is 9.37 Å². The van der Waals surface area contributed by atoms with Crippen LogP contribution in [0.5, 0.6) is 0 Å². The smallest absolute Gasteiger partial charge is 0.264 e. The van der Waals surface area contributed by atoms with Crippen LogP contribution < -0.4 is 0 Å². The maximum atomic E-state index is 13.4. The van der Waals surface area contributed by atoms with Gasteiger partial charge in [0.1, 0.15) is 0 Å². The second-order valence-corrected chi connectivity index (χ2v) is 7.82. The second kappa shape index (κ2) is 8.12. The van der Waals surface area contributed by atoms with E-state index in [1.165, 1.54) is 56.4 Å². The highest BCUT2D eigenvalue weighted by atomic mass is 32.2. The van der Waals surface area contributed by atoms with E-state index in [9.17, 15) is 22.0 Å². The zero-order valence-corrected chi connectivity index (χ0v) is 16.1. The number of amides is 1. The zero-order valence-electron chi connectivity index (χ0n) is 15.3. The lowest BCUT2D eigenvalue weighted by atomic mass is 10.1. The van der Waals surface area contributed by atoms with Crippen LogP contribution in [0.4, 0.5) is 8.78 Å². The van der Waals surface area contributed by atoms with Crippen molar-refractivity contribution in [2.45, 2.75) is 17.9 Å². The molecule has 0 aromatic heterocycles. The van der Waals surface area contributed by atoms with Crippen LogP contribution in [0.2, 0.25) is 0 Å². The molecule has 0 N–H and O–H groups in total. The number of nitrogens with zero attached hydrogens (tertiary/aromatic N) is 2. The highest BCUT2D eigenvalue weighted by Gasteiger charge is 2.23. The molecule has 1 amide bonds. The van der Waals surface area contributed by atoms with Gasteiger partial charge in [-0.25, -0.2) is 17.2 Å². The standard InChI is InChI=1S/C18H20F2N2O4S/c1-12(14-7-10-16(19)17(20)11-14)21(2)18(23)13-5-8-15(9-6-13)27(24,25)22(3)26-4/h5-12H,1-4H3. The molecule has 0 spiro atoms. The highest BCUT2D eigenvalue weighted by molar-refractivity contribution is 7.89. The number of hydrogen-bond acceptors (Lipinski definition) is 4. The van der Waals surface area contributed by atoms with Gasteiger partial charge in [-0.3, -0.25) is 9.63 Å². The molecule has 0 aliphatic heterocycles. The number of benzene rings is 2. The van der Waals surface area contributed by atoms with Gasteiger partial charge in [0.05, 0.1) is 18.0 Å². The third kappa shape index (κ3) is 4.32. The van der Waals surface area contributed by atoms with Crippen LogP contribution in [-0.2, 0) is 14.9 Å². The van der Waals surface area contributed by atoms with Gasteiger partial charge in [0.25, 0.3) is 15.9 Å². The Morgan fingerprint density at radius 2 is 1.63 bits per heavy atom. The van der Waals surface area contributed by atoms with Crippen molar-refractivity contribution in [3.8, 4) is 0 Å². The molecule has 1 unspecified atom stereocenters. The normalized spacial score (nSPS) is 12.9. The van der Waals surface area contributed by atoms with E-state index in [4.69, 9.17) is 4.84 Å². The van der Waals surface area contributed by atoms with Crippen molar-refractivity contribution in [3.63, 3.8) is 0 Å². The molecular weight excluding hydrogens is 378 g/mol. The van der Waals surface area contributed by atoms with E-state index in [0.29, 0.717) is 10.0 Å². The van der Waals surface area contributed by atoms with Gasteiger partial charge in [0.15, 0.2) is 11.6 Å². The number of carbonyl (C=O) groups is 1. The first kappa shape index (κ1) is 20.9. The molecule has 9 heteroatoms. The van der Waals surface area contributed by atoms with Crippen LogP contribution in [0.25, 0.3) is 0 Å². The minimum Gasteiger partial charge on any atom is -0.335 e. The summed E-state index contributed by atoms with van der Waals surface area (Å²) in [6.07, 6.45) is 0. The van der Waals surface area contributed by atoms with E-state index in [1.807, 2.05) is 0 Å². The fourth-order valence-electron chi connectivity index (χ4n) is 2.39. The first-order valence-electron chi connectivity index (χ1n) is 7.94. The Morgan fingerprint density at radius 3 is 2.15 bits per heavy atom. The minimum absolute atomic E-state index is 0.0280. The molecule has 0 heterocycles. The highest BCUT2D eigenvalue weighted by Crippen LogP contribution is 2.23. The van der Waals surface area contributed by atoms with Gasteiger partial charge in [-0.05, 0) is 48.9 Å². The topological polar surface area (TPSA) is 66.9 Å². The predicted octanol–water partition coefficient (Wildman–Crippen LogP) is 2.98. The Kier molecular flexibility index (Phi) is 6.30. The Balaban J connectivity index is 2.22. The first-order chi connectivity index (χ1) is 12.6. The summed E-state index contributed by atoms with van der Waals surface area (Å²) in [4.78, 5) is 18.7. The van der Waals surface area contributed by atoms with Crippen molar-refractivity contribution in [2.75, 3.05) is 21.2 Å². The number of carbonyl (C=O) groups excluding carboxylic acids is 1. The van der Waals surface area contributed by atoms with Gasteiger partial charge >= 0.3 is 0 Å². The maximum absolute atomic E-state index is 13.4. The summed E-state index contributed by atoms with van der Waals surface area (Å²) < 4.78 is 51.6. The summed E-state index contributed by atoms with van der Waals surface area (Å²) in [5, 5.41) is 0. The zero-order chi connectivity index (χ0) is 20.4. The van der Waals surface area contributed by atoms with Crippen molar-refractivity contribution in [1.29, 1.82) is 0 Å². The van der Waals surface area contributed by atoms with E-state index in [1.54, 1.807) is 6.92 Å². The lowest BCUT2D eigenvalue weighted by Crippen LogP contribution is -2.30. The molecule has 0 bridgehead atoms. The maximum Gasteiger partial charge on any atom is 0.264 e. The second-order valence-electron chi connectivity index (χ2n) is 5.89. The molecule has 2 aromatic rings. The average Bonchev–Trinajstić information content (AvgIpc) is 2.67. The number of hydrogen-bond donors (Lipinski definition) is 0. The molecule has 2 rings (SSSR count). The number of rotatable bonds is 6. The average molecular weight is 398 g/mol. The summed E-state index contributed by atoms with van der Waals surface area (Å²) in [5.41, 5.74) is 0.691. The molecule has 0 radical (unpaired) electrons. The van der Waals surface area contributed by atoms with E-state index in [2.05, 4.69) is 0 Å². The lowest BCUT2D eigenvalue weighted by molar-refractivity contribution is -0.0258. The fourth-order valence-corrected chi connectivity index (χ4v) is 3.36. The molecule has 1 atom stereocenters. The van der Waals surface area contributed by atoms with Crippen molar-refractivity contribution in [3.05, 3.63) is 65.2 Å². The Labute approximate surface area is 157 Å². The largest absolute Gasteiger partial charge is 0.335 e. The molecule has 0 fully saturated rings. The minimum atomic E-state index is -3.81. The molecule has 6 nitrogen and oxygen atoms in total. The molecule has 27 heavy (non-hydrogen) atoms. The van der Waals surface area contributed by atoms with E-state index >= 15 is 0 Å². The fraction of sp³-hybridized carbons (Fsp3) is 0.278. The molecule has 0 aliphatic carbocycles. The van der Waals surface area contributed by atoms with Crippen LogP contribution in [0.15, 0.2) is 47.4 Å². The third-order valence-electron chi connectivity index (χ3n) is 4.32. The number of sulfonamides is 1. The van der Waals surface area contributed by atoms with Crippen LogP contribution in [-0.4, -0.2) is 44.9 Å². The van der Waals surface area contributed by atoms with Crippen molar-refractivity contribution < 1.29 is 26.8 Å². The van der Waals surface area contributed by atoms with Crippen molar-refractivity contribution in [2.24, 2.45) is 0 Å². The van der Waals surface area contributed by atoms with Gasteiger partial charge in [-0.1, -0.05) is 10.5 Å². The summed E-state index contributed by atoms with van der Waals surface area (Å²) >= 11 is 0. The lowest BCUT2D eigenvalue weighted by Gasteiger charge is -2.25. The van der Waals surface area contributed by atoms with Crippen LogP contribution in [0.1, 0.15) is 28.9 Å². The summed E-state index contributed by atoms with van der Waals surface area (Å²) in [6, 6.07) is 8.30. The van der Waals surface area contributed by atoms with Crippen LogP contribution in [0, 0.1) is 11.6 Å². The Morgan fingerprint density at radius 1 is 1.04 bits per heavy atom. The van der Waals surface area contributed by atoms with Crippen molar-refractivity contribution >= 4 is 15.9 Å². The SMILES string of the molecule is CON(C)S(=O)(=O)c1ccc(C(=O)N(C)C(C)c2ccc(F)c(F)c2)cc1. The first-order valence-corrected chi connectivity index (χ1v) is 9.38. The van der Waals surface area contributed by atoms with Crippen LogP contribution in [0.3, 0.4) is 0 Å². The molecule has 2 aromatic carbocycles. The molecular formula is C18H20F2N2O4S. The number of hydroxylamine groups is 1. The predicted molar refractivity (Wildman–Crippen MR) is 95.3 cm³/mol. The summed E-state index contributed by atoms with van der Waals surface area (Å²) in [5.74, 6) is -2.34. The Bertz CT molecular complexity index is 933. The molecule has 146 valence electrons. The molecule has 0 saturated heterocycles. The van der Waals surface area contributed by atoms with E-state index in [0.717, 1.165) is 12.1 Å². The van der Waals surface area contributed by atoms with E-state index in [-0.39, 0.29) is 10.5 Å². The van der Waals surface area contributed by atoms with Gasteiger partial charge in [0, 0.05) is 19.7 Å². The quantitative estimate of drug-likeness (QED) is 0.702. The Hall–Kier alpha value is -2.36. The van der Waals surface area contributed by atoms with Gasteiger partial charge in [0.2, 0.25) is 0 Å². The number of halogens is 2. The molecule has 0 aliphatic rings. The van der Waals surface area contributed by atoms with Gasteiger partial charge < -0.3 is 4.90 Å².